The third-order valence-electron chi connectivity index (χ3n) is 3.08. The highest BCUT2D eigenvalue weighted by Crippen LogP contribution is 2.01. The van der Waals surface area contributed by atoms with Crippen LogP contribution in [0.1, 0.15) is 66.2 Å². The second-order valence-electron chi connectivity index (χ2n) is 4.66. The highest BCUT2D eigenvalue weighted by atomic mass is 16.5. The van der Waals surface area contributed by atoms with Crippen LogP contribution in [0.4, 0.5) is 0 Å². The summed E-state index contributed by atoms with van der Waals surface area (Å²) in [7, 11) is 0. The predicted molar refractivity (Wildman–Crippen MR) is 71.9 cm³/mol. The van der Waals surface area contributed by atoms with E-state index in [0.29, 0.717) is 12.1 Å². The van der Waals surface area contributed by atoms with Gasteiger partial charge in [0, 0.05) is 19.2 Å². The smallest absolute Gasteiger partial charge is 0.0671 e. The van der Waals surface area contributed by atoms with Crippen molar-refractivity contribution in [3.8, 4) is 0 Å². The zero-order valence-electron chi connectivity index (χ0n) is 11.7. The Morgan fingerprint density at radius 1 is 1.00 bits per heavy atom. The van der Waals surface area contributed by atoms with Crippen LogP contribution in [0.25, 0.3) is 0 Å². The van der Waals surface area contributed by atoms with E-state index in [0.717, 1.165) is 13.2 Å². The Bertz CT molecular complexity index is 135. The molecule has 2 heteroatoms. The number of ether oxygens (including phenoxy) is 1. The zero-order valence-corrected chi connectivity index (χ0v) is 11.7. The largest absolute Gasteiger partial charge is 0.377 e. The van der Waals surface area contributed by atoms with E-state index in [1.165, 1.54) is 38.5 Å². The normalized spacial score (nSPS) is 13.3. The molecule has 16 heavy (non-hydrogen) atoms. The molecule has 0 aromatic heterocycles. The second kappa shape index (κ2) is 11.4. The summed E-state index contributed by atoms with van der Waals surface area (Å²) < 4.78 is 5.77. The van der Waals surface area contributed by atoms with Crippen LogP contribution in [0.15, 0.2) is 0 Å². The third-order valence-corrected chi connectivity index (χ3v) is 3.08. The fourth-order valence-electron chi connectivity index (χ4n) is 1.78. The van der Waals surface area contributed by atoms with Crippen molar-refractivity contribution in [1.29, 1.82) is 0 Å². The summed E-state index contributed by atoms with van der Waals surface area (Å²) in [4.78, 5) is 0. The monoisotopic (exact) mass is 229 g/mol. The highest BCUT2D eigenvalue weighted by Gasteiger charge is 2.06. The average molecular weight is 229 g/mol. The van der Waals surface area contributed by atoms with Crippen LogP contribution < -0.4 is 5.32 Å². The maximum atomic E-state index is 5.77. The van der Waals surface area contributed by atoms with Crippen LogP contribution in [0.2, 0.25) is 0 Å². The molecule has 0 bridgehead atoms. The van der Waals surface area contributed by atoms with E-state index in [9.17, 15) is 0 Å². The summed E-state index contributed by atoms with van der Waals surface area (Å²) in [6.45, 7) is 10.8. The van der Waals surface area contributed by atoms with Crippen LogP contribution in [0, 0.1) is 0 Å². The van der Waals surface area contributed by atoms with E-state index in [1.54, 1.807) is 0 Å². The standard InChI is InChI=1S/C14H31NO/c1-5-8-9-10-11-16-13(4)12-15-14(6-2)7-3/h13-15H,5-12H2,1-4H3. The Morgan fingerprint density at radius 3 is 2.25 bits per heavy atom. The Labute approximate surface area is 102 Å². The quantitative estimate of drug-likeness (QED) is 0.545. The molecule has 0 fully saturated rings. The highest BCUT2D eigenvalue weighted by molar-refractivity contribution is 4.65. The molecule has 0 saturated heterocycles. The van der Waals surface area contributed by atoms with Crippen molar-refractivity contribution in [3.05, 3.63) is 0 Å². The Balaban J connectivity index is 3.33. The van der Waals surface area contributed by atoms with Gasteiger partial charge in [-0.15, -0.1) is 0 Å². The molecule has 0 aromatic rings. The Morgan fingerprint density at radius 2 is 1.69 bits per heavy atom. The SMILES string of the molecule is CCCCCCOC(C)CNC(CC)CC. The molecule has 1 unspecified atom stereocenters. The van der Waals surface area contributed by atoms with Gasteiger partial charge in [0.15, 0.2) is 0 Å². The molecule has 0 aliphatic carbocycles. The molecule has 0 aliphatic heterocycles. The number of rotatable bonds is 11. The van der Waals surface area contributed by atoms with E-state index in [-0.39, 0.29) is 0 Å². The summed E-state index contributed by atoms with van der Waals surface area (Å²) in [6, 6.07) is 0.658. The fraction of sp³-hybridized carbons (Fsp3) is 1.00. The van der Waals surface area contributed by atoms with Gasteiger partial charge in [-0.2, -0.15) is 0 Å². The molecule has 0 amide bonds. The lowest BCUT2D eigenvalue weighted by atomic mass is 10.1. The minimum Gasteiger partial charge on any atom is -0.377 e. The van der Waals surface area contributed by atoms with Gasteiger partial charge < -0.3 is 10.1 Å². The van der Waals surface area contributed by atoms with Gasteiger partial charge in [0.2, 0.25) is 0 Å². The molecule has 2 nitrogen and oxygen atoms in total. The summed E-state index contributed by atoms with van der Waals surface area (Å²) in [5.74, 6) is 0. The molecule has 0 aromatic carbocycles. The topological polar surface area (TPSA) is 21.3 Å². The van der Waals surface area contributed by atoms with Crippen molar-refractivity contribution in [3.63, 3.8) is 0 Å². The fourth-order valence-corrected chi connectivity index (χ4v) is 1.78. The first-order chi connectivity index (χ1) is 7.74. The minimum atomic E-state index is 0.349. The van der Waals surface area contributed by atoms with Gasteiger partial charge in [0.1, 0.15) is 0 Å². The molecular formula is C14H31NO. The second-order valence-corrected chi connectivity index (χ2v) is 4.66. The average Bonchev–Trinajstić information content (AvgIpc) is 2.30. The van der Waals surface area contributed by atoms with Crippen LogP contribution in [0.3, 0.4) is 0 Å². The number of unbranched alkanes of at least 4 members (excludes halogenated alkanes) is 3. The summed E-state index contributed by atoms with van der Waals surface area (Å²) in [5.41, 5.74) is 0. The van der Waals surface area contributed by atoms with Crippen molar-refractivity contribution >= 4 is 0 Å². The van der Waals surface area contributed by atoms with Crippen LogP contribution in [0.5, 0.6) is 0 Å². The predicted octanol–water partition coefficient (Wildman–Crippen LogP) is 3.75. The van der Waals surface area contributed by atoms with Gasteiger partial charge in [-0.25, -0.2) is 0 Å². The molecule has 1 atom stereocenters. The van der Waals surface area contributed by atoms with E-state index in [1.807, 2.05) is 0 Å². The van der Waals surface area contributed by atoms with Gasteiger partial charge in [-0.1, -0.05) is 40.0 Å². The van der Waals surface area contributed by atoms with E-state index >= 15 is 0 Å². The van der Waals surface area contributed by atoms with Crippen molar-refractivity contribution in [2.75, 3.05) is 13.2 Å². The lowest BCUT2D eigenvalue weighted by Crippen LogP contribution is -2.34. The lowest BCUT2D eigenvalue weighted by molar-refractivity contribution is 0.0609. The molecule has 0 rings (SSSR count). The van der Waals surface area contributed by atoms with Crippen molar-refractivity contribution in [2.45, 2.75) is 78.4 Å². The van der Waals surface area contributed by atoms with Gasteiger partial charge in [0.25, 0.3) is 0 Å². The van der Waals surface area contributed by atoms with E-state index < -0.39 is 0 Å². The number of nitrogens with one attached hydrogen (secondary N) is 1. The van der Waals surface area contributed by atoms with Crippen LogP contribution in [-0.2, 0) is 4.74 Å². The molecule has 98 valence electrons. The van der Waals surface area contributed by atoms with Crippen molar-refractivity contribution in [1.82, 2.24) is 5.32 Å². The summed E-state index contributed by atoms with van der Waals surface area (Å²) in [5, 5.41) is 3.55. The molecule has 0 aliphatic rings. The van der Waals surface area contributed by atoms with Crippen molar-refractivity contribution < 1.29 is 4.74 Å². The first-order valence-corrected chi connectivity index (χ1v) is 7.09. The molecule has 0 saturated carbocycles. The van der Waals surface area contributed by atoms with E-state index in [2.05, 4.69) is 33.0 Å². The van der Waals surface area contributed by atoms with Crippen molar-refractivity contribution in [2.24, 2.45) is 0 Å². The van der Waals surface area contributed by atoms with Gasteiger partial charge in [-0.3, -0.25) is 0 Å². The maximum Gasteiger partial charge on any atom is 0.0671 e. The molecule has 0 heterocycles. The summed E-state index contributed by atoms with van der Waals surface area (Å²) >= 11 is 0. The van der Waals surface area contributed by atoms with Gasteiger partial charge in [0.05, 0.1) is 6.10 Å². The maximum absolute atomic E-state index is 5.77. The first kappa shape index (κ1) is 15.9. The first-order valence-electron chi connectivity index (χ1n) is 7.09. The molecule has 0 radical (unpaired) electrons. The molecule has 1 N–H and O–H groups in total. The lowest BCUT2D eigenvalue weighted by Gasteiger charge is -2.19. The Kier molecular flexibility index (Phi) is 11.3. The molecule has 0 spiro atoms. The summed E-state index contributed by atoms with van der Waals surface area (Å²) in [6.07, 6.45) is 7.92. The van der Waals surface area contributed by atoms with E-state index in [4.69, 9.17) is 4.74 Å². The number of hydrogen-bond acceptors (Lipinski definition) is 2. The minimum absolute atomic E-state index is 0.349. The van der Waals surface area contributed by atoms with Crippen LogP contribution >= 0.6 is 0 Å². The zero-order chi connectivity index (χ0) is 12.2. The van der Waals surface area contributed by atoms with Gasteiger partial charge >= 0.3 is 0 Å². The molecular weight excluding hydrogens is 198 g/mol. The number of hydrogen-bond donors (Lipinski definition) is 1. The van der Waals surface area contributed by atoms with Crippen LogP contribution in [-0.4, -0.2) is 25.3 Å². The Hall–Kier alpha value is -0.0800. The third kappa shape index (κ3) is 9.17. The van der Waals surface area contributed by atoms with Gasteiger partial charge in [-0.05, 0) is 26.2 Å².